The lowest BCUT2D eigenvalue weighted by atomic mass is 9.97. The second-order valence-corrected chi connectivity index (χ2v) is 6.24. The molecule has 2 fully saturated rings. The van der Waals surface area contributed by atoms with E-state index in [4.69, 9.17) is 4.74 Å². The molecule has 110 valence electrons. The predicted molar refractivity (Wildman–Crippen MR) is 82.2 cm³/mol. The SMILES string of the molecule is COc1ccc(CNC2CCN3CCCC3C2)cc1C. The zero-order valence-corrected chi connectivity index (χ0v) is 12.7. The van der Waals surface area contributed by atoms with Crippen LogP contribution in [0.4, 0.5) is 0 Å². The van der Waals surface area contributed by atoms with Gasteiger partial charge in [0.05, 0.1) is 7.11 Å². The van der Waals surface area contributed by atoms with Crippen molar-refractivity contribution in [1.29, 1.82) is 0 Å². The van der Waals surface area contributed by atoms with E-state index in [0.717, 1.165) is 18.3 Å². The van der Waals surface area contributed by atoms with Crippen LogP contribution in [0.1, 0.15) is 36.8 Å². The van der Waals surface area contributed by atoms with Crippen LogP contribution in [0.3, 0.4) is 0 Å². The molecule has 2 heterocycles. The van der Waals surface area contributed by atoms with Crippen molar-refractivity contribution in [3.05, 3.63) is 29.3 Å². The van der Waals surface area contributed by atoms with Gasteiger partial charge in [-0.15, -0.1) is 0 Å². The van der Waals surface area contributed by atoms with Gasteiger partial charge in [0.25, 0.3) is 0 Å². The summed E-state index contributed by atoms with van der Waals surface area (Å²) in [6.07, 6.45) is 5.43. The van der Waals surface area contributed by atoms with Crippen molar-refractivity contribution >= 4 is 0 Å². The molecule has 2 saturated heterocycles. The largest absolute Gasteiger partial charge is 0.496 e. The summed E-state index contributed by atoms with van der Waals surface area (Å²) in [7, 11) is 1.73. The Kier molecular flexibility index (Phi) is 4.27. The minimum atomic E-state index is 0.691. The van der Waals surface area contributed by atoms with E-state index < -0.39 is 0 Å². The molecular formula is C17H26N2O. The van der Waals surface area contributed by atoms with Crippen molar-refractivity contribution in [1.82, 2.24) is 10.2 Å². The third-order valence-corrected chi connectivity index (χ3v) is 4.87. The molecule has 2 aliphatic heterocycles. The topological polar surface area (TPSA) is 24.5 Å². The molecule has 3 nitrogen and oxygen atoms in total. The van der Waals surface area contributed by atoms with Gasteiger partial charge < -0.3 is 15.0 Å². The summed E-state index contributed by atoms with van der Waals surface area (Å²) in [4.78, 5) is 2.68. The number of fused-ring (bicyclic) bond motifs is 1. The Morgan fingerprint density at radius 1 is 1.30 bits per heavy atom. The third-order valence-electron chi connectivity index (χ3n) is 4.87. The normalized spacial score (nSPS) is 26.5. The van der Waals surface area contributed by atoms with Crippen LogP contribution in [0.25, 0.3) is 0 Å². The van der Waals surface area contributed by atoms with Crippen LogP contribution in [0.15, 0.2) is 18.2 Å². The van der Waals surface area contributed by atoms with Crippen LogP contribution in [0, 0.1) is 6.92 Å². The summed E-state index contributed by atoms with van der Waals surface area (Å²) in [5.74, 6) is 0.980. The van der Waals surface area contributed by atoms with E-state index in [1.807, 2.05) is 0 Å². The summed E-state index contributed by atoms with van der Waals surface area (Å²) >= 11 is 0. The average Bonchev–Trinajstić information content (AvgIpc) is 2.92. The lowest BCUT2D eigenvalue weighted by molar-refractivity contribution is 0.166. The van der Waals surface area contributed by atoms with Crippen LogP contribution in [0.5, 0.6) is 5.75 Å². The van der Waals surface area contributed by atoms with Gasteiger partial charge in [-0.05, 0) is 62.9 Å². The van der Waals surface area contributed by atoms with Crippen LogP contribution >= 0.6 is 0 Å². The first-order chi connectivity index (χ1) is 9.76. The van der Waals surface area contributed by atoms with Crippen molar-refractivity contribution in [3.63, 3.8) is 0 Å². The number of piperidine rings is 1. The van der Waals surface area contributed by atoms with E-state index in [1.165, 1.54) is 49.9 Å². The Hall–Kier alpha value is -1.06. The van der Waals surface area contributed by atoms with Crippen LogP contribution < -0.4 is 10.1 Å². The average molecular weight is 274 g/mol. The van der Waals surface area contributed by atoms with Gasteiger partial charge in [-0.25, -0.2) is 0 Å². The predicted octanol–water partition coefficient (Wildman–Crippen LogP) is 2.72. The molecular weight excluding hydrogens is 248 g/mol. The second kappa shape index (κ2) is 6.15. The zero-order chi connectivity index (χ0) is 13.9. The number of nitrogens with zero attached hydrogens (tertiary/aromatic N) is 1. The van der Waals surface area contributed by atoms with E-state index in [9.17, 15) is 0 Å². The van der Waals surface area contributed by atoms with Crippen LogP contribution in [-0.2, 0) is 6.54 Å². The van der Waals surface area contributed by atoms with E-state index in [1.54, 1.807) is 7.11 Å². The third kappa shape index (κ3) is 2.99. The maximum atomic E-state index is 5.32. The van der Waals surface area contributed by atoms with Gasteiger partial charge in [0.1, 0.15) is 5.75 Å². The summed E-state index contributed by atoms with van der Waals surface area (Å²) in [6, 6.07) is 8.02. The lowest BCUT2D eigenvalue weighted by Gasteiger charge is -2.35. The molecule has 0 amide bonds. The molecule has 2 aliphatic rings. The van der Waals surface area contributed by atoms with E-state index in [0.29, 0.717) is 6.04 Å². The number of hydrogen-bond acceptors (Lipinski definition) is 3. The number of ether oxygens (including phenoxy) is 1. The van der Waals surface area contributed by atoms with E-state index in [-0.39, 0.29) is 0 Å². The maximum absolute atomic E-state index is 5.32. The molecule has 0 saturated carbocycles. The first-order valence-electron chi connectivity index (χ1n) is 7.87. The van der Waals surface area contributed by atoms with Crippen LogP contribution in [0.2, 0.25) is 0 Å². The number of methoxy groups -OCH3 is 1. The molecule has 2 unspecified atom stereocenters. The Bertz CT molecular complexity index is 460. The number of nitrogens with one attached hydrogen (secondary N) is 1. The molecule has 20 heavy (non-hydrogen) atoms. The van der Waals surface area contributed by atoms with Crippen LogP contribution in [-0.4, -0.2) is 37.2 Å². The standard InChI is InChI=1S/C17H26N2O/c1-13-10-14(5-6-17(13)20-2)12-18-15-7-9-19-8-3-4-16(19)11-15/h5-6,10,15-16,18H,3-4,7-9,11-12H2,1-2H3. The molecule has 2 atom stereocenters. The fraction of sp³-hybridized carbons (Fsp3) is 0.647. The number of benzene rings is 1. The van der Waals surface area contributed by atoms with Crippen molar-refractivity contribution in [2.45, 2.75) is 51.2 Å². The quantitative estimate of drug-likeness (QED) is 0.913. The highest BCUT2D eigenvalue weighted by Gasteiger charge is 2.31. The van der Waals surface area contributed by atoms with Crippen molar-refractivity contribution < 1.29 is 4.74 Å². The number of aryl methyl sites for hydroxylation is 1. The molecule has 1 aromatic carbocycles. The lowest BCUT2D eigenvalue weighted by Crippen LogP contribution is -2.45. The summed E-state index contributed by atoms with van der Waals surface area (Å²) < 4.78 is 5.32. The highest BCUT2D eigenvalue weighted by molar-refractivity contribution is 5.36. The molecule has 0 bridgehead atoms. The van der Waals surface area contributed by atoms with Gasteiger partial charge in [0.15, 0.2) is 0 Å². The molecule has 0 aromatic heterocycles. The summed E-state index contributed by atoms with van der Waals surface area (Å²) in [6.45, 7) is 5.70. The Morgan fingerprint density at radius 2 is 2.20 bits per heavy atom. The summed E-state index contributed by atoms with van der Waals surface area (Å²) in [5.41, 5.74) is 2.58. The first kappa shape index (κ1) is 13.9. The molecule has 1 aromatic rings. The van der Waals surface area contributed by atoms with Gasteiger partial charge in [-0.2, -0.15) is 0 Å². The fourth-order valence-electron chi connectivity index (χ4n) is 3.72. The molecule has 1 N–H and O–H groups in total. The number of rotatable bonds is 4. The Balaban J connectivity index is 1.53. The molecule has 0 spiro atoms. The van der Waals surface area contributed by atoms with Gasteiger partial charge in [0, 0.05) is 18.6 Å². The molecule has 3 heteroatoms. The second-order valence-electron chi connectivity index (χ2n) is 6.24. The maximum Gasteiger partial charge on any atom is 0.121 e. The molecule has 0 aliphatic carbocycles. The Labute approximate surface area is 122 Å². The minimum Gasteiger partial charge on any atom is -0.496 e. The fourth-order valence-corrected chi connectivity index (χ4v) is 3.72. The van der Waals surface area contributed by atoms with Crippen molar-refractivity contribution in [2.75, 3.05) is 20.2 Å². The highest BCUT2D eigenvalue weighted by Crippen LogP contribution is 2.27. The monoisotopic (exact) mass is 274 g/mol. The molecule has 3 rings (SSSR count). The van der Waals surface area contributed by atoms with Gasteiger partial charge in [0.2, 0.25) is 0 Å². The summed E-state index contributed by atoms with van der Waals surface area (Å²) in [5, 5.41) is 3.75. The number of hydrogen-bond donors (Lipinski definition) is 1. The van der Waals surface area contributed by atoms with Crippen molar-refractivity contribution in [3.8, 4) is 5.75 Å². The minimum absolute atomic E-state index is 0.691. The van der Waals surface area contributed by atoms with Gasteiger partial charge >= 0.3 is 0 Å². The van der Waals surface area contributed by atoms with Crippen molar-refractivity contribution in [2.24, 2.45) is 0 Å². The Morgan fingerprint density at radius 3 is 3.00 bits per heavy atom. The van der Waals surface area contributed by atoms with Gasteiger partial charge in [-0.1, -0.05) is 12.1 Å². The smallest absolute Gasteiger partial charge is 0.121 e. The first-order valence-corrected chi connectivity index (χ1v) is 7.87. The zero-order valence-electron chi connectivity index (χ0n) is 12.7. The highest BCUT2D eigenvalue weighted by atomic mass is 16.5. The van der Waals surface area contributed by atoms with E-state index >= 15 is 0 Å². The molecule has 0 radical (unpaired) electrons. The van der Waals surface area contributed by atoms with E-state index in [2.05, 4.69) is 35.3 Å². The van der Waals surface area contributed by atoms with Gasteiger partial charge in [-0.3, -0.25) is 0 Å².